The minimum Gasteiger partial charge on any atom is -0.454 e. The van der Waals surface area contributed by atoms with Gasteiger partial charge in [-0.05, 0) is 31.9 Å². The standard InChI is InChI=1S/C17H14F3NO4/c1-9-15(22)21-11-4-5-12-14(24-8-23-12)13(11)16(25-9,17(18,19)20)7-6-10-2-3-10/h4-5,9-10H,2-3,8H2,1H3,(H,21,22)/t9-,16-/m0/s1. The van der Waals surface area contributed by atoms with Crippen molar-refractivity contribution in [2.45, 2.75) is 37.6 Å². The third-order valence-corrected chi connectivity index (χ3v) is 4.30. The van der Waals surface area contributed by atoms with Crippen LogP contribution in [0.2, 0.25) is 0 Å². The van der Waals surface area contributed by atoms with Gasteiger partial charge in [-0.2, -0.15) is 13.2 Å². The van der Waals surface area contributed by atoms with E-state index in [1.807, 2.05) is 0 Å². The van der Waals surface area contributed by atoms with E-state index in [0.29, 0.717) is 0 Å². The molecule has 0 bridgehead atoms. The van der Waals surface area contributed by atoms with Gasteiger partial charge in [0.2, 0.25) is 6.79 Å². The fourth-order valence-electron chi connectivity index (χ4n) is 2.84. The topological polar surface area (TPSA) is 56.8 Å². The highest BCUT2D eigenvalue weighted by molar-refractivity contribution is 5.96. The van der Waals surface area contributed by atoms with Crippen LogP contribution in [-0.2, 0) is 15.1 Å². The fourth-order valence-corrected chi connectivity index (χ4v) is 2.84. The molecule has 3 aliphatic rings. The number of fused-ring (bicyclic) bond motifs is 3. The molecule has 1 amide bonds. The first-order valence-corrected chi connectivity index (χ1v) is 7.83. The van der Waals surface area contributed by atoms with Crippen LogP contribution in [0, 0.1) is 17.8 Å². The number of carbonyl (C=O) groups is 1. The van der Waals surface area contributed by atoms with Gasteiger partial charge in [0.05, 0.1) is 11.3 Å². The van der Waals surface area contributed by atoms with Crippen molar-refractivity contribution >= 4 is 11.6 Å². The van der Waals surface area contributed by atoms with Gasteiger partial charge in [-0.3, -0.25) is 4.79 Å². The third kappa shape index (κ3) is 2.50. The Hall–Kier alpha value is -2.40. The monoisotopic (exact) mass is 353 g/mol. The van der Waals surface area contributed by atoms with Gasteiger partial charge in [0.25, 0.3) is 11.5 Å². The molecule has 1 aromatic rings. The second-order valence-corrected chi connectivity index (χ2v) is 6.19. The molecule has 0 aromatic heterocycles. The van der Waals surface area contributed by atoms with Crippen LogP contribution in [0.4, 0.5) is 18.9 Å². The maximum absolute atomic E-state index is 14.2. The lowest BCUT2D eigenvalue weighted by atomic mass is 9.90. The number of hydrogen-bond acceptors (Lipinski definition) is 4. The number of amides is 1. The minimum atomic E-state index is -4.88. The number of halogens is 3. The predicted octanol–water partition coefficient (Wildman–Crippen LogP) is 2.94. The molecule has 4 rings (SSSR count). The number of rotatable bonds is 0. The lowest BCUT2D eigenvalue weighted by Crippen LogP contribution is -2.46. The Morgan fingerprint density at radius 2 is 2.04 bits per heavy atom. The molecule has 2 heterocycles. The van der Waals surface area contributed by atoms with Crippen LogP contribution in [0.15, 0.2) is 12.1 Å². The van der Waals surface area contributed by atoms with E-state index in [9.17, 15) is 18.0 Å². The van der Waals surface area contributed by atoms with E-state index in [1.54, 1.807) is 0 Å². The Bertz CT molecular complexity index is 807. The van der Waals surface area contributed by atoms with Gasteiger partial charge in [0.15, 0.2) is 11.5 Å². The SMILES string of the molecule is C[C@@H]1O[C@](C#CC2CC2)(C(F)(F)F)c2c(ccc3c2OCO3)NC1=O. The van der Waals surface area contributed by atoms with Gasteiger partial charge in [-0.25, -0.2) is 0 Å². The minimum absolute atomic E-state index is 0.0407. The molecule has 0 unspecified atom stereocenters. The highest BCUT2D eigenvalue weighted by atomic mass is 19.4. The average molecular weight is 353 g/mol. The lowest BCUT2D eigenvalue weighted by molar-refractivity contribution is -0.266. The summed E-state index contributed by atoms with van der Waals surface area (Å²) in [5, 5.41) is 2.46. The first-order valence-electron chi connectivity index (χ1n) is 7.83. The summed E-state index contributed by atoms with van der Waals surface area (Å²) in [7, 11) is 0. The molecular weight excluding hydrogens is 339 g/mol. The number of ether oxygens (including phenoxy) is 3. The normalized spacial score (nSPS) is 27.7. The van der Waals surface area contributed by atoms with Crippen molar-refractivity contribution in [3.05, 3.63) is 17.7 Å². The van der Waals surface area contributed by atoms with Gasteiger partial charge >= 0.3 is 6.18 Å². The van der Waals surface area contributed by atoms with Crippen LogP contribution in [-0.4, -0.2) is 25.0 Å². The Morgan fingerprint density at radius 3 is 2.72 bits per heavy atom. The summed E-state index contributed by atoms with van der Waals surface area (Å²) in [5.74, 6) is 4.22. The molecule has 1 aromatic carbocycles. The van der Waals surface area contributed by atoms with Gasteiger partial charge < -0.3 is 19.5 Å². The van der Waals surface area contributed by atoms with Gasteiger partial charge in [0, 0.05) is 5.92 Å². The summed E-state index contributed by atoms with van der Waals surface area (Å²) in [6, 6.07) is 2.80. The van der Waals surface area contributed by atoms with Crippen LogP contribution in [0.5, 0.6) is 11.5 Å². The number of nitrogens with one attached hydrogen (secondary N) is 1. The van der Waals surface area contributed by atoms with Gasteiger partial charge in [-0.1, -0.05) is 11.8 Å². The molecular formula is C17H14F3NO4. The van der Waals surface area contributed by atoms with E-state index in [-0.39, 0.29) is 35.5 Å². The van der Waals surface area contributed by atoms with E-state index in [4.69, 9.17) is 14.2 Å². The quantitative estimate of drug-likeness (QED) is 0.729. The first kappa shape index (κ1) is 16.1. The summed E-state index contributed by atoms with van der Waals surface area (Å²) in [6.07, 6.45) is -4.72. The van der Waals surface area contributed by atoms with Crippen molar-refractivity contribution < 1.29 is 32.2 Å². The number of hydrogen-bond donors (Lipinski definition) is 1. The third-order valence-electron chi connectivity index (χ3n) is 4.30. The van der Waals surface area contributed by atoms with Crippen LogP contribution >= 0.6 is 0 Å². The van der Waals surface area contributed by atoms with E-state index < -0.39 is 23.8 Å². The molecule has 2 aliphatic heterocycles. The number of benzene rings is 1. The smallest absolute Gasteiger partial charge is 0.433 e. The number of alkyl halides is 3. The maximum atomic E-state index is 14.2. The summed E-state index contributed by atoms with van der Waals surface area (Å²) < 4.78 is 58.4. The zero-order chi connectivity index (χ0) is 17.8. The van der Waals surface area contributed by atoms with Crippen molar-refractivity contribution in [1.29, 1.82) is 0 Å². The molecule has 25 heavy (non-hydrogen) atoms. The Morgan fingerprint density at radius 1 is 1.28 bits per heavy atom. The molecule has 0 spiro atoms. The molecule has 5 nitrogen and oxygen atoms in total. The zero-order valence-electron chi connectivity index (χ0n) is 13.2. The number of anilines is 1. The molecule has 0 saturated heterocycles. The molecule has 1 fully saturated rings. The second-order valence-electron chi connectivity index (χ2n) is 6.19. The van der Waals surface area contributed by atoms with Crippen LogP contribution in [0.1, 0.15) is 25.3 Å². The highest BCUT2D eigenvalue weighted by Crippen LogP contribution is 2.54. The highest BCUT2D eigenvalue weighted by Gasteiger charge is 2.62. The van der Waals surface area contributed by atoms with E-state index >= 15 is 0 Å². The Balaban J connectivity index is 2.01. The lowest BCUT2D eigenvalue weighted by Gasteiger charge is -2.32. The van der Waals surface area contributed by atoms with Crippen molar-refractivity contribution in [2.24, 2.45) is 5.92 Å². The molecule has 8 heteroatoms. The fraction of sp³-hybridized carbons (Fsp3) is 0.471. The number of carbonyl (C=O) groups excluding carboxylic acids is 1. The second kappa shape index (κ2) is 5.30. The maximum Gasteiger partial charge on any atom is 0.433 e. The van der Waals surface area contributed by atoms with Crippen LogP contribution < -0.4 is 14.8 Å². The Kier molecular flexibility index (Phi) is 3.41. The van der Waals surface area contributed by atoms with Crippen molar-refractivity contribution in [3.63, 3.8) is 0 Å². The molecule has 2 atom stereocenters. The molecule has 0 radical (unpaired) electrons. The summed E-state index contributed by atoms with van der Waals surface area (Å²) in [6.45, 7) is 1.05. The predicted molar refractivity (Wildman–Crippen MR) is 80.0 cm³/mol. The zero-order valence-corrected chi connectivity index (χ0v) is 13.2. The molecule has 1 saturated carbocycles. The Labute approximate surface area is 141 Å². The van der Waals surface area contributed by atoms with Gasteiger partial charge in [-0.15, -0.1) is 0 Å². The summed E-state index contributed by atoms with van der Waals surface area (Å²) in [5.41, 5.74) is -3.37. The molecule has 1 aliphatic carbocycles. The van der Waals surface area contributed by atoms with Crippen molar-refractivity contribution in [1.82, 2.24) is 0 Å². The van der Waals surface area contributed by atoms with E-state index in [1.165, 1.54) is 19.1 Å². The summed E-state index contributed by atoms with van der Waals surface area (Å²) in [4.78, 5) is 12.1. The molecule has 1 N–H and O–H groups in total. The van der Waals surface area contributed by atoms with Crippen molar-refractivity contribution in [3.8, 4) is 23.3 Å². The van der Waals surface area contributed by atoms with E-state index in [0.717, 1.165) is 12.8 Å². The van der Waals surface area contributed by atoms with E-state index in [2.05, 4.69) is 17.2 Å². The largest absolute Gasteiger partial charge is 0.454 e. The van der Waals surface area contributed by atoms with Crippen molar-refractivity contribution in [2.75, 3.05) is 12.1 Å². The van der Waals surface area contributed by atoms with Crippen LogP contribution in [0.25, 0.3) is 0 Å². The van der Waals surface area contributed by atoms with Crippen LogP contribution in [0.3, 0.4) is 0 Å². The average Bonchev–Trinajstić information content (AvgIpc) is 3.26. The first-order chi connectivity index (χ1) is 11.8. The summed E-state index contributed by atoms with van der Waals surface area (Å²) >= 11 is 0. The van der Waals surface area contributed by atoms with Gasteiger partial charge in [0.1, 0.15) is 6.10 Å². The molecule has 132 valence electrons.